The summed E-state index contributed by atoms with van der Waals surface area (Å²) in [5.41, 5.74) is 1.05. The molecule has 0 bridgehead atoms. The molecule has 5 heteroatoms. The number of aromatic nitrogens is 1. The van der Waals surface area contributed by atoms with Crippen molar-refractivity contribution in [2.24, 2.45) is 0 Å². The first-order chi connectivity index (χ1) is 11.8. The van der Waals surface area contributed by atoms with Crippen LogP contribution >= 0.6 is 0 Å². The fraction of sp³-hybridized carbons (Fsp3) is 0.474. The Morgan fingerprint density at radius 1 is 1.17 bits per heavy atom. The van der Waals surface area contributed by atoms with Gasteiger partial charge in [-0.2, -0.15) is 0 Å². The molecule has 1 amide bonds. The number of nitrogens with zero attached hydrogens (tertiary/aromatic N) is 2. The van der Waals surface area contributed by atoms with Crippen molar-refractivity contribution >= 4 is 5.91 Å². The molecule has 2 saturated heterocycles. The van der Waals surface area contributed by atoms with Crippen molar-refractivity contribution in [3.05, 3.63) is 42.2 Å². The average Bonchev–Trinajstić information content (AvgIpc) is 3.38. The van der Waals surface area contributed by atoms with Gasteiger partial charge in [-0.05, 0) is 25.7 Å². The van der Waals surface area contributed by atoms with Crippen molar-refractivity contribution in [3.63, 3.8) is 0 Å². The molecular weight excluding hydrogens is 304 g/mol. The Labute approximate surface area is 141 Å². The second-order valence-electron chi connectivity index (χ2n) is 6.67. The zero-order valence-corrected chi connectivity index (χ0v) is 13.7. The van der Waals surface area contributed by atoms with E-state index in [0.29, 0.717) is 18.8 Å². The molecule has 0 unspecified atom stereocenters. The lowest BCUT2D eigenvalue weighted by Crippen LogP contribution is -2.49. The molecule has 2 aromatic rings. The molecule has 2 aliphatic heterocycles. The minimum absolute atomic E-state index is 0.121. The first kappa shape index (κ1) is 15.4. The summed E-state index contributed by atoms with van der Waals surface area (Å²) in [5, 5.41) is 4.16. The van der Waals surface area contributed by atoms with Gasteiger partial charge in [0.25, 0.3) is 5.91 Å². The van der Waals surface area contributed by atoms with Crippen LogP contribution in [0.1, 0.15) is 31.4 Å². The van der Waals surface area contributed by atoms with E-state index < -0.39 is 5.60 Å². The van der Waals surface area contributed by atoms with Crippen molar-refractivity contribution in [1.82, 2.24) is 10.1 Å². The average molecular weight is 326 g/mol. The van der Waals surface area contributed by atoms with E-state index in [1.807, 2.05) is 41.3 Å². The van der Waals surface area contributed by atoms with Crippen molar-refractivity contribution < 1.29 is 14.1 Å². The Kier molecular flexibility index (Phi) is 4.10. The summed E-state index contributed by atoms with van der Waals surface area (Å²) >= 11 is 0. The quantitative estimate of drug-likeness (QED) is 0.866. The highest BCUT2D eigenvalue weighted by Crippen LogP contribution is 2.33. The SMILES string of the molecule is O=C(N1CCCC1)[C@]1(Cc2cc(-c3ccccc3)no2)CCCO1. The van der Waals surface area contributed by atoms with Crippen LogP contribution in [0.5, 0.6) is 0 Å². The highest BCUT2D eigenvalue weighted by Gasteiger charge is 2.46. The number of rotatable bonds is 4. The van der Waals surface area contributed by atoms with Crippen LogP contribution in [0.3, 0.4) is 0 Å². The summed E-state index contributed by atoms with van der Waals surface area (Å²) in [6.07, 6.45) is 4.30. The lowest BCUT2D eigenvalue weighted by atomic mass is 9.92. The summed E-state index contributed by atoms with van der Waals surface area (Å²) in [6.45, 7) is 2.32. The molecule has 0 saturated carbocycles. The molecule has 126 valence electrons. The lowest BCUT2D eigenvalue weighted by molar-refractivity contribution is -0.152. The van der Waals surface area contributed by atoms with Crippen molar-refractivity contribution in [1.29, 1.82) is 0 Å². The topological polar surface area (TPSA) is 55.6 Å². The van der Waals surface area contributed by atoms with E-state index in [1.165, 1.54) is 0 Å². The highest BCUT2D eigenvalue weighted by atomic mass is 16.5. The number of hydrogen-bond acceptors (Lipinski definition) is 4. The van der Waals surface area contributed by atoms with Crippen LogP contribution in [-0.2, 0) is 16.0 Å². The van der Waals surface area contributed by atoms with E-state index in [0.717, 1.165) is 50.0 Å². The van der Waals surface area contributed by atoms with Gasteiger partial charge in [-0.1, -0.05) is 35.5 Å². The van der Waals surface area contributed by atoms with E-state index in [4.69, 9.17) is 9.26 Å². The summed E-state index contributed by atoms with van der Waals surface area (Å²) in [4.78, 5) is 14.9. The predicted octanol–water partition coefficient (Wildman–Crippen LogP) is 3.06. The molecule has 0 aliphatic carbocycles. The highest BCUT2D eigenvalue weighted by molar-refractivity contribution is 5.86. The first-order valence-corrected chi connectivity index (χ1v) is 8.71. The van der Waals surface area contributed by atoms with E-state index >= 15 is 0 Å². The third-order valence-electron chi connectivity index (χ3n) is 4.97. The van der Waals surface area contributed by atoms with Gasteiger partial charge in [-0.3, -0.25) is 4.79 Å². The van der Waals surface area contributed by atoms with Crippen LogP contribution in [0.4, 0.5) is 0 Å². The number of carbonyl (C=O) groups excluding carboxylic acids is 1. The number of carbonyl (C=O) groups is 1. The number of likely N-dealkylation sites (tertiary alicyclic amines) is 1. The molecule has 0 radical (unpaired) electrons. The number of ether oxygens (including phenoxy) is 1. The Bertz CT molecular complexity index is 698. The van der Waals surface area contributed by atoms with Gasteiger partial charge in [0.2, 0.25) is 0 Å². The van der Waals surface area contributed by atoms with Crippen LogP contribution in [0.15, 0.2) is 40.9 Å². The second-order valence-corrected chi connectivity index (χ2v) is 6.67. The molecule has 2 aliphatic rings. The van der Waals surface area contributed by atoms with Crippen molar-refractivity contribution in [3.8, 4) is 11.3 Å². The molecule has 4 rings (SSSR count). The van der Waals surface area contributed by atoms with E-state index in [9.17, 15) is 4.79 Å². The summed E-state index contributed by atoms with van der Waals surface area (Å²) in [7, 11) is 0. The first-order valence-electron chi connectivity index (χ1n) is 8.71. The predicted molar refractivity (Wildman–Crippen MR) is 89.4 cm³/mol. The number of amides is 1. The fourth-order valence-corrected chi connectivity index (χ4v) is 3.71. The van der Waals surface area contributed by atoms with Gasteiger partial charge in [0.15, 0.2) is 5.60 Å². The van der Waals surface area contributed by atoms with Crippen molar-refractivity contribution in [2.75, 3.05) is 19.7 Å². The Hall–Kier alpha value is -2.14. The third-order valence-corrected chi connectivity index (χ3v) is 4.97. The molecule has 2 fully saturated rings. The minimum Gasteiger partial charge on any atom is -0.365 e. The Morgan fingerprint density at radius 3 is 2.67 bits per heavy atom. The van der Waals surface area contributed by atoms with Crippen LogP contribution in [-0.4, -0.2) is 41.3 Å². The normalized spacial score (nSPS) is 23.8. The van der Waals surface area contributed by atoms with Gasteiger partial charge in [-0.15, -0.1) is 0 Å². The largest absolute Gasteiger partial charge is 0.365 e. The van der Waals surface area contributed by atoms with Crippen LogP contribution in [0, 0.1) is 0 Å². The van der Waals surface area contributed by atoms with Gasteiger partial charge in [0.1, 0.15) is 11.5 Å². The Morgan fingerprint density at radius 2 is 1.96 bits per heavy atom. The second kappa shape index (κ2) is 6.40. The van der Waals surface area contributed by atoms with Gasteiger partial charge in [0, 0.05) is 37.7 Å². The summed E-state index contributed by atoms with van der Waals surface area (Å²) < 4.78 is 11.5. The van der Waals surface area contributed by atoms with Crippen LogP contribution in [0.25, 0.3) is 11.3 Å². The van der Waals surface area contributed by atoms with E-state index in [-0.39, 0.29) is 5.91 Å². The molecule has 1 aromatic heterocycles. The molecule has 24 heavy (non-hydrogen) atoms. The van der Waals surface area contributed by atoms with Crippen LogP contribution in [0.2, 0.25) is 0 Å². The number of hydrogen-bond donors (Lipinski definition) is 0. The zero-order chi connectivity index (χ0) is 16.4. The molecule has 1 aromatic carbocycles. The maximum absolute atomic E-state index is 13.0. The monoisotopic (exact) mass is 326 g/mol. The lowest BCUT2D eigenvalue weighted by Gasteiger charge is -2.30. The van der Waals surface area contributed by atoms with E-state index in [1.54, 1.807) is 0 Å². The summed E-state index contributed by atoms with van der Waals surface area (Å²) in [6, 6.07) is 11.8. The van der Waals surface area contributed by atoms with Gasteiger partial charge >= 0.3 is 0 Å². The number of benzene rings is 1. The Balaban J connectivity index is 1.55. The van der Waals surface area contributed by atoms with Crippen molar-refractivity contribution in [2.45, 2.75) is 37.7 Å². The fourth-order valence-electron chi connectivity index (χ4n) is 3.71. The molecule has 5 nitrogen and oxygen atoms in total. The minimum atomic E-state index is -0.766. The van der Waals surface area contributed by atoms with Gasteiger partial charge in [0.05, 0.1) is 0 Å². The maximum atomic E-state index is 13.0. The molecule has 1 atom stereocenters. The molecule has 3 heterocycles. The standard InChI is InChI=1S/C19H22N2O3/c22-18(21-10-4-5-11-21)19(9-6-12-23-19)14-16-13-17(20-24-16)15-7-2-1-3-8-15/h1-3,7-8,13H,4-6,9-12,14H2/t19-/m1/s1. The van der Waals surface area contributed by atoms with Crippen LogP contribution < -0.4 is 0 Å². The maximum Gasteiger partial charge on any atom is 0.255 e. The van der Waals surface area contributed by atoms with Gasteiger partial charge in [-0.25, -0.2) is 0 Å². The van der Waals surface area contributed by atoms with E-state index in [2.05, 4.69) is 5.16 Å². The molecular formula is C19H22N2O3. The molecule has 0 N–H and O–H groups in total. The smallest absolute Gasteiger partial charge is 0.255 e. The molecule has 0 spiro atoms. The van der Waals surface area contributed by atoms with Gasteiger partial charge < -0.3 is 14.2 Å². The third kappa shape index (κ3) is 2.84. The summed E-state index contributed by atoms with van der Waals surface area (Å²) in [5.74, 6) is 0.832. The zero-order valence-electron chi connectivity index (χ0n) is 13.7.